The number of fused-ring (bicyclic) bond motifs is 2. The Kier molecular flexibility index (Phi) is 37.9. The number of aromatic hydroxyl groups is 31. The molecule has 0 spiro atoms. The van der Waals surface area contributed by atoms with Crippen LogP contribution in [0.3, 0.4) is 0 Å². The standard InChI is InChI=1S/2C11H10O2.2C7H8O4.3C7H8O3.5C7H8O2/c1-7-4-9-5-10(12)3-2-8(9)6-11(7)13;1-7-2-3-8-5-10(12)11(13)6-9(8)4-7;1-3-6(10)4(8)2-5(9)7(3)11;1-3-2-4(8)6(10)7(11)5(3)9;1-4-6(9)2-5(8)3-7(4)10;1-4-2-5(8)7(10)6(9)3-4;1-4-2-3-5(8)7(10)6(4)9;1-5-2-6(8)4-7(9)3-5;1-5-4-6(8)2-3-7(5)9;1-5-2-3-6(8)4-7(5)9;1-5-2-3-6(8)7(9)4-5;1-5-3-2-4-6(8)7(5)9/h2*2-6,12-13H,1H3;2*2,8-11H,1H3;3*2-3,8-10H,1H3;5*2-4,8-9H,1H3. The van der Waals surface area contributed by atoms with E-state index in [0.717, 1.165) is 61.5 Å². The van der Waals surface area contributed by atoms with Crippen LogP contribution in [0, 0.1) is 83.1 Å². The molecule has 0 aromatic heterocycles. The van der Waals surface area contributed by atoms with Crippen molar-refractivity contribution in [2.45, 2.75) is 83.1 Å². The molecule has 123 heavy (non-hydrogen) atoms. The highest BCUT2D eigenvalue weighted by Gasteiger charge is 2.15. The van der Waals surface area contributed by atoms with Gasteiger partial charge in [-0.3, -0.25) is 0 Å². The molecule has 0 aliphatic carbocycles. The van der Waals surface area contributed by atoms with E-state index in [1.807, 2.05) is 45.0 Å². The fourth-order valence-electron chi connectivity index (χ4n) is 9.64. The average Bonchev–Trinajstić information content (AvgIpc) is 0.820. The van der Waals surface area contributed by atoms with Crippen LogP contribution in [0.4, 0.5) is 0 Å². The third kappa shape index (κ3) is 32.1. The molecule has 0 atom stereocenters. The Morgan fingerprint density at radius 2 is 0.488 bits per heavy atom. The fraction of sp³-hybridized carbons (Fsp3) is 0.130. The van der Waals surface area contributed by atoms with Crippen molar-refractivity contribution in [3.05, 3.63) is 267 Å². The number of rotatable bonds is 0. The molecule has 14 aromatic carbocycles. The first-order valence-electron chi connectivity index (χ1n) is 36.0. The number of benzene rings is 14. The maximum Gasteiger partial charge on any atom is 0.204 e. The van der Waals surface area contributed by atoms with E-state index >= 15 is 0 Å². The lowest BCUT2D eigenvalue weighted by Gasteiger charge is -2.05. The SMILES string of the molecule is Cc1c(O)c(O)cc(O)c1O.Cc1c(O)cc(O)cc1O.Cc1cc(O)c(O)c(O)c1.Cc1cc(O)c(O)c(O)c1O.Cc1cc(O)cc(O)c1.Cc1cc(O)ccc1O.Cc1cc2cc(O)ccc2cc1O.Cc1ccc(O)c(O)c1.Cc1ccc(O)c(O)c1O.Cc1ccc(O)cc1O.Cc1ccc2cc(O)c(O)cc2c1.Cc1cccc(O)c1O. The number of para-hydroxylation sites is 1. The summed E-state index contributed by atoms with van der Waals surface area (Å²) in [5.41, 5.74) is 7.87. The van der Waals surface area contributed by atoms with Crippen LogP contribution in [-0.2, 0) is 0 Å². The first kappa shape index (κ1) is 101. The summed E-state index contributed by atoms with van der Waals surface area (Å²) in [7, 11) is 0. The predicted octanol–water partition coefficient (Wildman–Crippen LogP) is 17.1. The van der Waals surface area contributed by atoms with Crippen molar-refractivity contribution in [1.29, 1.82) is 0 Å². The lowest BCUT2D eigenvalue weighted by molar-refractivity contribution is 0.344. The van der Waals surface area contributed by atoms with Gasteiger partial charge in [-0.05, 0) is 270 Å². The van der Waals surface area contributed by atoms with Gasteiger partial charge < -0.3 is 158 Å². The van der Waals surface area contributed by atoms with Gasteiger partial charge in [-0.25, -0.2) is 0 Å². The monoisotopic (exact) mass is 1700 g/mol. The molecule has 654 valence electrons. The van der Waals surface area contributed by atoms with Crippen LogP contribution in [-0.4, -0.2) is 158 Å². The van der Waals surface area contributed by atoms with Gasteiger partial charge in [-0.15, -0.1) is 0 Å². The van der Waals surface area contributed by atoms with E-state index in [-0.39, 0.29) is 126 Å². The van der Waals surface area contributed by atoms with Gasteiger partial charge in [0.05, 0.1) is 0 Å². The lowest BCUT2D eigenvalue weighted by atomic mass is 10.1. The van der Waals surface area contributed by atoms with Crippen LogP contribution >= 0.6 is 0 Å². The van der Waals surface area contributed by atoms with Crippen LogP contribution in [0.25, 0.3) is 21.5 Å². The summed E-state index contributed by atoms with van der Waals surface area (Å²) in [4.78, 5) is 0. The van der Waals surface area contributed by atoms with Crippen molar-refractivity contribution in [2.24, 2.45) is 0 Å². The summed E-state index contributed by atoms with van der Waals surface area (Å²) < 4.78 is 0. The van der Waals surface area contributed by atoms with Gasteiger partial charge in [-0.2, -0.15) is 0 Å². The summed E-state index contributed by atoms with van der Waals surface area (Å²) in [6.45, 7) is 20.5. The van der Waals surface area contributed by atoms with E-state index in [2.05, 4.69) is 0 Å². The summed E-state index contributed by atoms with van der Waals surface area (Å²) in [5, 5.41) is 281. The van der Waals surface area contributed by atoms with Gasteiger partial charge in [0.25, 0.3) is 0 Å². The molecule has 0 amide bonds. The molecule has 0 aliphatic heterocycles. The van der Waals surface area contributed by atoms with Gasteiger partial charge in [-0.1, -0.05) is 60.2 Å². The third-order valence-corrected chi connectivity index (χ3v) is 16.8. The Balaban J connectivity index is 0.000000347. The number of phenolic OH excluding ortho intramolecular Hbond substituents is 31. The predicted molar refractivity (Wildman–Crippen MR) is 461 cm³/mol. The van der Waals surface area contributed by atoms with E-state index in [4.69, 9.17) is 138 Å². The summed E-state index contributed by atoms with van der Waals surface area (Å²) in [5.74, 6) is -5.39. The number of phenols is 31. The number of aryl methyl sites for hydroxylation is 10. The summed E-state index contributed by atoms with van der Waals surface area (Å²) in [6, 6.07) is 50.5. The molecule has 0 saturated carbocycles. The lowest BCUT2D eigenvalue weighted by Crippen LogP contribution is -1.78. The molecule has 31 nitrogen and oxygen atoms in total. The number of hydrogen-bond donors (Lipinski definition) is 31. The summed E-state index contributed by atoms with van der Waals surface area (Å²) >= 11 is 0. The van der Waals surface area contributed by atoms with Gasteiger partial charge in [0, 0.05) is 41.5 Å². The van der Waals surface area contributed by atoms with E-state index in [9.17, 15) is 20.4 Å². The van der Waals surface area contributed by atoms with E-state index < -0.39 is 57.5 Å². The smallest absolute Gasteiger partial charge is 0.204 e. The van der Waals surface area contributed by atoms with Crippen molar-refractivity contribution in [3.8, 4) is 178 Å². The molecule has 0 bridgehead atoms. The average molecular weight is 1700 g/mol. The fourth-order valence-corrected chi connectivity index (χ4v) is 9.64. The van der Waals surface area contributed by atoms with Crippen LogP contribution < -0.4 is 0 Å². The Hall–Kier alpha value is -16.6. The molecular formula is C92H100O31. The molecule has 0 saturated heterocycles. The maximum atomic E-state index is 9.42. The highest BCUT2D eigenvalue weighted by Crippen LogP contribution is 2.45. The van der Waals surface area contributed by atoms with Crippen molar-refractivity contribution in [1.82, 2.24) is 0 Å². The molecule has 14 rings (SSSR count). The van der Waals surface area contributed by atoms with E-state index in [0.29, 0.717) is 33.4 Å². The molecule has 0 fully saturated rings. The highest BCUT2D eigenvalue weighted by atomic mass is 16.4. The molecular weight excluding hydrogens is 1600 g/mol. The zero-order valence-electron chi connectivity index (χ0n) is 68.4. The van der Waals surface area contributed by atoms with Crippen molar-refractivity contribution < 1.29 is 158 Å². The molecule has 31 N–H and O–H groups in total. The quantitative estimate of drug-likeness (QED) is 0.0495. The molecule has 0 aliphatic rings. The second kappa shape index (κ2) is 46.4. The molecule has 0 unspecified atom stereocenters. The second-order valence-corrected chi connectivity index (χ2v) is 27.1. The van der Waals surface area contributed by atoms with Crippen molar-refractivity contribution in [2.75, 3.05) is 0 Å². The van der Waals surface area contributed by atoms with Gasteiger partial charge in [0.15, 0.2) is 97.7 Å². The van der Waals surface area contributed by atoms with Crippen molar-refractivity contribution >= 4 is 21.5 Å². The Morgan fingerprint density at radius 3 is 0.976 bits per heavy atom. The van der Waals surface area contributed by atoms with E-state index in [1.165, 1.54) is 105 Å². The van der Waals surface area contributed by atoms with Crippen molar-refractivity contribution in [3.63, 3.8) is 0 Å². The van der Waals surface area contributed by atoms with Crippen LogP contribution in [0.5, 0.6) is 178 Å². The minimum Gasteiger partial charge on any atom is -0.508 e. The zero-order chi connectivity index (χ0) is 93.5. The van der Waals surface area contributed by atoms with E-state index in [1.54, 1.807) is 121 Å². The topological polar surface area (TPSA) is 627 Å². The highest BCUT2D eigenvalue weighted by molar-refractivity contribution is 5.87. The normalized spacial score (nSPS) is 9.82. The minimum absolute atomic E-state index is 0.0301. The van der Waals surface area contributed by atoms with Gasteiger partial charge >= 0.3 is 0 Å². The molecule has 31 heteroatoms. The Bertz CT molecular complexity index is 5390. The van der Waals surface area contributed by atoms with Crippen LogP contribution in [0.2, 0.25) is 0 Å². The first-order valence-corrected chi connectivity index (χ1v) is 36.0. The molecule has 14 aromatic rings. The van der Waals surface area contributed by atoms with Gasteiger partial charge in [0.1, 0.15) is 63.2 Å². The number of hydrogen-bond acceptors (Lipinski definition) is 31. The zero-order valence-corrected chi connectivity index (χ0v) is 68.4. The largest absolute Gasteiger partial charge is 0.508 e. The first-order chi connectivity index (χ1) is 57.2. The van der Waals surface area contributed by atoms with Gasteiger partial charge in [0.2, 0.25) is 17.2 Å². The Labute approximate surface area is 704 Å². The maximum absolute atomic E-state index is 9.42. The third-order valence-electron chi connectivity index (χ3n) is 16.8. The minimum atomic E-state index is -0.701. The molecule has 0 heterocycles. The molecule has 0 radical (unpaired) electrons. The van der Waals surface area contributed by atoms with Crippen LogP contribution in [0.1, 0.15) is 66.8 Å². The second-order valence-electron chi connectivity index (χ2n) is 27.1. The Morgan fingerprint density at radius 1 is 0.130 bits per heavy atom. The summed E-state index contributed by atoms with van der Waals surface area (Å²) in [6.07, 6.45) is 0. The van der Waals surface area contributed by atoms with Crippen LogP contribution in [0.15, 0.2) is 200 Å².